The van der Waals surface area contributed by atoms with Crippen molar-refractivity contribution < 1.29 is 27.9 Å². The molecule has 1 heterocycles. The molecule has 11 heteroatoms. The van der Waals surface area contributed by atoms with Crippen LogP contribution in [0.3, 0.4) is 0 Å². The summed E-state index contributed by atoms with van der Waals surface area (Å²) in [5, 5.41) is 25.1. The number of nitrogens with one attached hydrogen (secondary N) is 2. The monoisotopic (exact) mass is 607 g/mol. The third kappa shape index (κ3) is 7.35. The largest absolute Gasteiger partial charge is 0.478 e. The van der Waals surface area contributed by atoms with E-state index in [4.69, 9.17) is 11.6 Å². The minimum atomic E-state index is -3.27. The second kappa shape index (κ2) is 12.8. The zero-order chi connectivity index (χ0) is 30.5. The van der Waals surface area contributed by atoms with Gasteiger partial charge in [-0.3, -0.25) is 9.59 Å². The standard InChI is InChI=1S/C31H30ClN3O6S/c1-20(21-5-3-2-4-6-21)17-27(29(37)35-31(19-33)13-15-42(40,41)16-14-31)34-28(36)23-9-7-22(8-10-23)25-18-24(30(38)39)11-12-26(25)32/h2-12,18,20,27H,13-17H2,1H3,(H,34,36)(H,35,37)(H,38,39)/t20-,27-/m0/s1. The molecule has 1 aliphatic heterocycles. The number of carbonyl (C=O) groups excluding carboxylic acids is 2. The van der Waals surface area contributed by atoms with Gasteiger partial charge in [0.2, 0.25) is 5.91 Å². The van der Waals surface area contributed by atoms with Gasteiger partial charge < -0.3 is 15.7 Å². The molecule has 9 nitrogen and oxygen atoms in total. The number of amides is 2. The van der Waals surface area contributed by atoms with E-state index in [0.717, 1.165) is 5.56 Å². The quantitative estimate of drug-likeness (QED) is 0.322. The van der Waals surface area contributed by atoms with Gasteiger partial charge in [0.25, 0.3) is 5.91 Å². The summed E-state index contributed by atoms with van der Waals surface area (Å²) in [6.45, 7) is 1.93. The second-order valence-corrected chi connectivity index (χ2v) is 13.2. The number of nitrogens with zero attached hydrogens (tertiary/aromatic N) is 1. The minimum Gasteiger partial charge on any atom is -0.478 e. The van der Waals surface area contributed by atoms with E-state index in [1.165, 1.54) is 18.2 Å². The Morgan fingerprint density at radius 3 is 2.21 bits per heavy atom. The Hall–Kier alpha value is -4.20. The normalized spacial score (nSPS) is 16.8. The highest BCUT2D eigenvalue weighted by molar-refractivity contribution is 7.91. The van der Waals surface area contributed by atoms with Gasteiger partial charge in [0.05, 0.1) is 23.1 Å². The number of carboxylic acids is 1. The maximum atomic E-state index is 13.5. The van der Waals surface area contributed by atoms with E-state index in [1.807, 2.05) is 37.3 Å². The molecule has 42 heavy (non-hydrogen) atoms. The van der Waals surface area contributed by atoms with Crippen molar-refractivity contribution in [3.05, 3.63) is 94.5 Å². The van der Waals surface area contributed by atoms with Gasteiger partial charge in [-0.25, -0.2) is 13.2 Å². The lowest BCUT2D eigenvalue weighted by atomic mass is 9.90. The van der Waals surface area contributed by atoms with Crippen LogP contribution in [0.4, 0.5) is 0 Å². The Bertz CT molecular complexity index is 1620. The third-order valence-electron chi connectivity index (χ3n) is 7.51. The van der Waals surface area contributed by atoms with Gasteiger partial charge in [0, 0.05) is 16.1 Å². The van der Waals surface area contributed by atoms with Crippen LogP contribution in [0, 0.1) is 11.3 Å². The molecule has 3 aromatic carbocycles. The van der Waals surface area contributed by atoms with Crippen LogP contribution in [0.5, 0.6) is 0 Å². The predicted octanol–water partition coefficient (Wildman–Crippen LogP) is 4.58. The molecule has 0 bridgehead atoms. The van der Waals surface area contributed by atoms with Gasteiger partial charge in [-0.1, -0.05) is 61.0 Å². The van der Waals surface area contributed by atoms with Crippen molar-refractivity contribution in [3.63, 3.8) is 0 Å². The zero-order valence-corrected chi connectivity index (χ0v) is 24.4. The van der Waals surface area contributed by atoms with E-state index in [-0.39, 0.29) is 47.8 Å². The Labute approximate surface area is 249 Å². The van der Waals surface area contributed by atoms with Crippen molar-refractivity contribution >= 4 is 39.2 Å². The number of hydrogen-bond acceptors (Lipinski definition) is 6. The Morgan fingerprint density at radius 2 is 1.62 bits per heavy atom. The SMILES string of the molecule is C[C@@H](C[C@H](NC(=O)c1ccc(-c2cc(C(=O)O)ccc2Cl)cc1)C(=O)NC1(C#N)CCS(=O)(=O)CC1)c1ccccc1. The fourth-order valence-electron chi connectivity index (χ4n) is 4.90. The molecule has 0 spiro atoms. The summed E-state index contributed by atoms with van der Waals surface area (Å²) >= 11 is 6.29. The van der Waals surface area contributed by atoms with Crippen molar-refractivity contribution in [1.82, 2.24) is 10.6 Å². The number of rotatable bonds is 9. The fourth-order valence-corrected chi connectivity index (χ4v) is 6.65. The first kappa shape index (κ1) is 30.8. The van der Waals surface area contributed by atoms with Crippen LogP contribution < -0.4 is 10.6 Å². The van der Waals surface area contributed by atoms with Gasteiger partial charge in [-0.2, -0.15) is 5.26 Å². The van der Waals surface area contributed by atoms with E-state index in [9.17, 15) is 33.2 Å². The summed E-state index contributed by atoms with van der Waals surface area (Å²) in [7, 11) is -3.27. The number of sulfone groups is 1. The third-order valence-corrected chi connectivity index (χ3v) is 9.49. The van der Waals surface area contributed by atoms with Gasteiger partial charge in [-0.05, 0) is 66.6 Å². The van der Waals surface area contributed by atoms with Crippen molar-refractivity contribution in [2.75, 3.05) is 11.5 Å². The first-order valence-electron chi connectivity index (χ1n) is 13.3. The molecule has 2 atom stereocenters. The fraction of sp³-hybridized carbons (Fsp3) is 0.290. The summed E-state index contributed by atoms with van der Waals surface area (Å²) < 4.78 is 23.9. The average molecular weight is 608 g/mol. The smallest absolute Gasteiger partial charge is 0.335 e. The van der Waals surface area contributed by atoms with Crippen LogP contribution >= 0.6 is 11.6 Å². The number of nitriles is 1. The molecule has 0 radical (unpaired) electrons. The van der Waals surface area contributed by atoms with Crippen molar-refractivity contribution in [2.45, 2.75) is 43.7 Å². The summed E-state index contributed by atoms with van der Waals surface area (Å²) in [5.74, 6) is -2.72. The number of halogens is 1. The van der Waals surface area contributed by atoms with E-state index < -0.39 is 39.2 Å². The molecular formula is C31H30ClN3O6S. The van der Waals surface area contributed by atoms with Gasteiger partial charge in [0.1, 0.15) is 11.6 Å². The van der Waals surface area contributed by atoms with E-state index in [1.54, 1.807) is 24.3 Å². The summed E-state index contributed by atoms with van der Waals surface area (Å²) in [6.07, 6.45) is 0.177. The molecule has 4 rings (SSSR count). The summed E-state index contributed by atoms with van der Waals surface area (Å²) in [6, 6.07) is 21.3. The Kier molecular flexibility index (Phi) is 9.34. The van der Waals surface area contributed by atoms with E-state index >= 15 is 0 Å². The Morgan fingerprint density at radius 1 is 1.00 bits per heavy atom. The summed E-state index contributed by atoms with van der Waals surface area (Å²) in [4.78, 5) is 38.3. The van der Waals surface area contributed by atoms with Crippen molar-refractivity contribution in [2.24, 2.45) is 0 Å². The van der Waals surface area contributed by atoms with Crippen LogP contribution in [0.2, 0.25) is 5.02 Å². The van der Waals surface area contributed by atoms with Crippen LogP contribution in [0.25, 0.3) is 11.1 Å². The molecule has 0 aromatic heterocycles. The van der Waals surface area contributed by atoms with E-state index in [2.05, 4.69) is 16.7 Å². The summed E-state index contributed by atoms with van der Waals surface area (Å²) in [5.41, 5.74) is 1.06. The number of hydrogen-bond donors (Lipinski definition) is 3. The van der Waals surface area contributed by atoms with Crippen molar-refractivity contribution in [3.8, 4) is 17.2 Å². The lowest BCUT2D eigenvalue weighted by Crippen LogP contribution is -2.57. The minimum absolute atomic E-state index is 0.0282. The molecule has 3 N–H and O–H groups in total. The Balaban J connectivity index is 1.55. The molecule has 0 saturated carbocycles. The second-order valence-electron chi connectivity index (χ2n) is 10.5. The predicted molar refractivity (Wildman–Crippen MR) is 159 cm³/mol. The van der Waals surface area contributed by atoms with Crippen molar-refractivity contribution in [1.29, 1.82) is 5.26 Å². The van der Waals surface area contributed by atoms with Crippen LogP contribution in [0.1, 0.15) is 58.4 Å². The van der Waals surface area contributed by atoms with Gasteiger partial charge in [-0.15, -0.1) is 0 Å². The molecule has 2 amide bonds. The highest BCUT2D eigenvalue weighted by atomic mass is 35.5. The van der Waals surface area contributed by atoms with Gasteiger partial charge >= 0.3 is 5.97 Å². The molecule has 1 saturated heterocycles. The maximum Gasteiger partial charge on any atom is 0.335 e. The van der Waals surface area contributed by atoms with Gasteiger partial charge in [0.15, 0.2) is 9.84 Å². The maximum absolute atomic E-state index is 13.5. The molecule has 0 unspecified atom stereocenters. The highest BCUT2D eigenvalue weighted by Gasteiger charge is 2.40. The molecule has 0 aliphatic carbocycles. The highest BCUT2D eigenvalue weighted by Crippen LogP contribution is 2.30. The van der Waals surface area contributed by atoms with Crippen LogP contribution in [-0.2, 0) is 14.6 Å². The number of aromatic carboxylic acids is 1. The van der Waals surface area contributed by atoms with Crippen LogP contribution in [-0.4, -0.2) is 54.4 Å². The first-order chi connectivity index (χ1) is 19.9. The molecular weight excluding hydrogens is 578 g/mol. The van der Waals surface area contributed by atoms with Crippen LogP contribution in [0.15, 0.2) is 72.8 Å². The average Bonchev–Trinajstić information content (AvgIpc) is 2.98. The topological polar surface area (TPSA) is 153 Å². The number of carbonyl (C=O) groups is 3. The lowest BCUT2D eigenvalue weighted by Gasteiger charge is -2.33. The molecule has 218 valence electrons. The first-order valence-corrected chi connectivity index (χ1v) is 15.5. The number of carboxylic acid groups (broad SMARTS) is 1. The number of benzene rings is 3. The lowest BCUT2D eigenvalue weighted by molar-refractivity contribution is -0.124. The van der Waals surface area contributed by atoms with E-state index in [0.29, 0.717) is 16.1 Å². The molecule has 1 aliphatic rings. The molecule has 3 aromatic rings. The molecule has 1 fully saturated rings. The zero-order valence-electron chi connectivity index (χ0n) is 22.8.